The molecule has 0 unspecified atom stereocenters. The van der Waals surface area contributed by atoms with Crippen LogP contribution >= 0.6 is 11.3 Å². The molecule has 0 bridgehead atoms. The Bertz CT molecular complexity index is 2440. The van der Waals surface area contributed by atoms with Gasteiger partial charge in [-0.3, -0.25) is 4.98 Å². The van der Waals surface area contributed by atoms with E-state index in [2.05, 4.69) is 181 Å². The van der Waals surface area contributed by atoms with Crippen molar-refractivity contribution in [2.24, 2.45) is 0 Å². The molecule has 9 aromatic rings. The lowest BCUT2D eigenvalue weighted by Gasteiger charge is -2.26. The number of rotatable bonds is 6. The van der Waals surface area contributed by atoms with Crippen molar-refractivity contribution >= 4 is 59.5 Å². The molecule has 7 aromatic carbocycles. The number of anilines is 3. The Morgan fingerprint density at radius 2 is 0.854 bits per heavy atom. The molecule has 48 heavy (non-hydrogen) atoms. The number of nitrogens with zero attached hydrogens (tertiary/aromatic N) is 2. The molecule has 0 aliphatic heterocycles. The lowest BCUT2D eigenvalue weighted by atomic mass is 10.0. The molecule has 0 radical (unpaired) electrons. The van der Waals surface area contributed by atoms with Gasteiger partial charge in [0.15, 0.2) is 0 Å². The van der Waals surface area contributed by atoms with Gasteiger partial charge >= 0.3 is 0 Å². The Morgan fingerprint density at radius 3 is 1.42 bits per heavy atom. The monoisotopic (exact) mass is 630 g/mol. The van der Waals surface area contributed by atoms with E-state index < -0.39 is 0 Å². The SMILES string of the molecule is c1ccc(-c2ccc(N(c3ccc(-c4ccccc4)cc3)c3ccc(-c4ccc5c(cnc6c7ccccc7sc56)c4)cc3)cc2)cc1. The smallest absolute Gasteiger partial charge is 0.0894 e. The van der Waals surface area contributed by atoms with Crippen LogP contribution in [0.2, 0.25) is 0 Å². The predicted octanol–water partition coefficient (Wildman–Crippen LogP) is 13.1. The minimum absolute atomic E-state index is 1.09. The molecule has 0 saturated carbocycles. The van der Waals surface area contributed by atoms with Crippen molar-refractivity contribution in [1.82, 2.24) is 4.98 Å². The van der Waals surface area contributed by atoms with Crippen LogP contribution in [-0.2, 0) is 0 Å². The van der Waals surface area contributed by atoms with Crippen LogP contribution in [0.1, 0.15) is 0 Å². The summed E-state index contributed by atoms with van der Waals surface area (Å²) in [5.74, 6) is 0. The van der Waals surface area contributed by atoms with Crippen molar-refractivity contribution in [2.45, 2.75) is 0 Å². The van der Waals surface area contributed by atoms with E-state index in [4.69, 9.17) is 4.98 Å². The van der Waals surface area contributed by atoms with Gasteiger partial charge in [-0.1, -0.05) is 127 Å². The molecule has 0 aliphatic carbocycles. The van der Waals surface area contributed by atoms with Gasteiger partial charge in [-0.25, -0.2) is 0 Å². The fourth-order valence-electron chi connectivity index (χ4n) is 6.65. The second-order valence-corrected chi connectivity index (χ2v) is 13.1. The largest absolute Gasteiger partial charge is 0.311 e. The topological polar surface area (TPSA) is 16.1 Å². The van der Waals surface area contributed by atoms with E-state index in [1.54, 1.807) is 0 Å². The molecule has 226 valence electrons. The zero-order valence-corrected chi connectivity index (χ0v) is 26.9. The van der Waals surface area contributed by atoms with Gasteiger partial charge in [0.2, 0.25) is 0 Å². The number of hydrogen-bond acceptors (Lipinski definition) is 3. The van der Waals surface area contributed by atoms with Crippen LogP contribution in [0.3, 0.4) is 0 Å². The maximum Gasteiger partial charge on any atom is 0.0894 e. The maximum absolute atomic E-state index is 4.89. The Labute approximate surface area is 283 Å². The van der Waals surface area contributed by atoms with Gasteiger partial charge in [-0.2, -0.15) is 0 Å². The zero-order valence-electron chi connectivity index (χ0n) is 26.1. The molecule has 3 heteroatoms. The average molecular weight is 631 g/mol. The van der Waals surface area contributed by atoms with Gasteiger partial charge in [-0.05, 0) is 81.9 Å². The first-order valence-corrected chi connectivity index (χ1v) is 17.0. The van der Waals surface area contributed by atoms with Crippen LogP contribution in [0.15, 0.2) is 182 Å². The second kappa shape index (κ2) is 12.0. The number of hydrogen-bond donors (Lipinski definition) is 0. The molecule has 2 aromatic heterocycles. The number of benzene rings is 7. The first-order valence-electron chi connectivity index (χ1n) is 16.2. The fourth-order valence-corrected chi connectivity index (χ4v) is 7.85. The van der Waals surface area contributed by atoms with Crippen LogP contribution in [-0.4, -0.2) is 4.98 Å². The summed E-state index contributed by atoms with van der Waals surface area (Å²) in [4.78, 5) is 7.22. The van der Waals surface area contributed by atoms with Gasteiger partial charge < -0.3 is 4.90 Å². The third kappa shape index (κ3) is 5.11. The molecule has 0 amide bonds. The van der Waals surface area contributed by atoms with E-state index in [9.17, 15) is 0 Å². The van der Waals surface area contributed by atoms with Crippen molar-refractivity contribution in [2.75, 3.05) is 4.90 Å². The van der Waals surface area contributed by atoms with Gasteiger partial charge in [0.05, 0.1) is 10.2 Å². The minimum atomic E-state index is 1.09. The van der Waals surface area contributed by atoms with E-state index in [-0.39, 0.29) is 0 Å². The Balaban J connectivity index is 1.08. The van der Waals surface area contributed by atoms with E-state index >= 15 is 0 Å². The van der Waals surface area contributed by atoms with Crippen LogP contribution in [0.25, 0.3) is 64.5 Å². The summed E-state index contributed by atoms with van der Waals surface area (Å²) in [6.07, 6.45) is 2.02. The first kappa shape index (κ1) is 28.2. The van der Waals surface area contributed by atoms with Gasteiger partial charge in [-0.15, -0.1) is 11.3 Å². The highest BCUT2D eigenvalue weighted by Crippen LogP contribution is 2.40. The quantitative estimate of drug-likeness (QED) is 0.182. The summed E-state index contributed by atoms with van der Waals surface area (Å²) in [7, 11) is 0. The predicted molar refractivity (Wildman–Crippen MR) is 206 cm³/mol. The van der Waals surface area contributed by atoms with Crippen molar-refractivity contribution < 1.29 is 0 Å². The van der Waals surface area contributed by atoms with Crippen molar-refractivity contribution in [3.63, 3.8) is 0 Å². The summed E-state index contributed by atoms with van der Waals surface area (Å²) < 4.78 is 2.53. The Morgan fingerprint density at radius 1 is 0.396 bits per heavy atom. The van der Waals surface area contributed by atoms with Crippen molar-refractivity contribution in [3.8, 4) is 33.4 Å². The summed E-state index contributed by atoms with van der Waals surface area (Å²) in [6.45, 7) is 0. The maximum atomic E-state index is 4.89. The average Bonchev–Trinajstić information content (AvgIpc) is 3.56. The van der Waals surface area contributed by atoms with Crippen LogP contribution < -0.4 is 4.90 Å². The molecular formula is C45H30N2S. The van der Waals surface area contributed by atoms with Crippen molar-refractivity contribution in [1.29, 1.82) is 0 Å². The molecule has 0 atom stereocenters. The van der Waals surface area contributed by atoms with E-state index in [1.807, 2.05) is 17.5 Å². The number of pyridine rings is 1. The van der Waals surface area contributed by atoms with E-state index in [1.165, 1.54) is 53.6 Å². The molecule has 2 heterocycles. The molecule has 9 rings (SSSR count). The highest BCUT2D eigenvalue weighted by molar-refractivity contribution is 7.26. The second-order valence-electron chi connectivity index (χ2n) is 12.0. The molecule has 0 saturated heterocycles. The summed E-state index contributed by atoms with van der Waals surface area (Å²) in [5, 5.41) is 3.65. The highest BCUT2D eigenvalue weighted by Gasteiger charge is 2.15. The standard InChI is InChI=1S/C45H30N2S/c1-3-9-31(10-4-1)33-15-22-38(23-16-33)47(39-24-17-34(18-25-39)32-11-5-2-6-12-32)40-26-19-35(20-27-40)36-21-28-41-37(29-36)30-46-44-42-13-7-8-14-43(42)48-45(41)44/h1-30H. The van der Waals surface area contributed by atoms with Crippen LogP contribution in [0.5, 0.6) is 0 Å². The Hall–Kier alpha value is -6.03. The third-order valence-electron chi connectivity index (χ3n) is 9.12. The molecule has 2 nitrogen and oxygen atoms in total. The highest BCUT2D eigenvalue weighted by atomic mass is 32.1. The van der Waals surface area contributed by atoms with Gasteiger partial charge in [0.1, 0.15) is 0 Å². The van der Waals surface area contributed by atoms with Gasteiger partial charge in [0, 0.05) is 44.1 Å². The third-order valence-corrected chi connectivity index (χ3v) is 10.3. The molecule has 0 N–H and O–H groups in total. The molecule has 0 spiro atoms. The molecule has 0 aliphatic rings. The minimum Gasteiger partial charge on any atom is -0.311 e. The molecular weight excluding hydrogens is 601 g/mol. The zero-order chi connectivity index (χ0) is 31.9. The van der Waals surface area contributed by atoms with Crippen LogP contribution in [0, 0.1) is 0 Å². The Kier molecular flexibility index (Phi) is 7.03. The summed E-state index contributed by atoms with van der Waals surface area (Å²) in [6, 6.07) is 63.0. The van der Waals surface area contributed by atoms with E-state index in [0.29, 0.717) is 0 Å². The van der Waals surface area contributed by atoms with Gasteiger partial charge in [0.25, 0.3) is 0 Å². The summed E-state index contributed by atoms with van der Waals surface area (Å²) >= 11 is 1.82. The number of aromatic nitrogens is 1. The first-order chi connectivity index (χ1) is 23.8. The number of thiophene rings is 1. The lowest BCUT2D eigenvalue weighted by molar-refractivity contribution is 1.28. The lowest BCUT2D eigenvalue weighted by Crippen LogP contribution is -2.09. The normalized spacial score (nSPS) is 11.3. The van der Waals surface area contributed by atoms with E-state index in [0.717, 1.165) is 28.0 Å². The van der Waals surface area contributed by atoms with Crippen molar-refractivity contribution in [3.05, 3.63) is 182 Å². The summed E-state index contributed by atoms with van der Waals surface area (Å²) in [5.41, 5.74) is 11.6. The van der Waals surface area contributed by atoms with Crippen LogP contribution in [0.4, 0.5) is 17.1 Å². The number of fused-ring (bicyclic) bond motifs is 5. The molecule has 0 fully saturated rings. The fraction of sp³-hybridized carbons (Fsp3) is 0.